The van der Waals surface area contributed by atoms with Crippen LogP contribution in [0.2, 0.25) is 0 Å². The van der Waals surface area contributed by atoms with Crippen molar-refractivity contribution < 1.29 is 9.50 Å². The summed E-state index contributed by atoms with van der Waals surface area (Å²) in [7, 11) is 1.86. The fourth-order valence-corrected chi connectivity index (χ4v) is 2.47. The molecule has 0 bridgehead atoms. The number of thiazole rings is 1. The predicted octanol–water partition coefficient (Wildman–Crippen LogP) is 2.97. The lowest BCUT2D eigenvalue weighted by Crippen LogP contribution is -2.17. The average Bonchev–Trinajstić information content (AvgIpc) is 2.81. The number of rotatable bonds is 4. The van der Waals surface area contributed by atoms with E-state index in [1.807, 2.05) is 23.4 Å². The van der Waals surface area contributed by atoms with Gasteiger partial charge in [-0.05, 0) is 13.0 Å². The second-order valence-corrected chi connectivity index (χ2v) is 5.01. The van der Waals surface area contributed by atoms with Gasteiger partial charge in [-0.15, -0.1) is 11.3 Å². The van der Waals surface area contributed by atoms with Crippen molar-refractivity contribution in [1.82, 2.24) is 4.98 Å². The molecule has 0 aliphatic rings. The van der Waals surface area contributed by atoms with Crippen LogP contribution in [0, 0.1) is 5.82 Å². The molecule has 1 atom stereocenters. The van der Waals surface area contributed by atoms with Crippen molar-refractivity contribution in [3.05, 3.63) is 46.7 Å². The van der Waals surface area contributed by atoms with Gasteiger partial charge in [-0.3, -0.25) is 0 Å². The van der Waals surface area contributed by atoms with E-state index in [9.17, 15) is 9.50 Å². The predicted molar refractivity (Wildman–Crippen MR) is 71.3 cm³/mol. The van der Waals surface area contributed by atoms with E-state index in [-0.39, 0.29) is 5.82 Å². The number of hydrogen-bond acceptors (Lipinski definition) is 4. The normalized spacial score (nSPS) is 12.4. The number of aromatic nitrogens is 1. The second kappa shape index (κ2) is 5.46. The van der Waals surface area contributed by atoms with Crippen molar-refractivity contribution in [2.45, 2.75) is 19.6 Å². The minimum Gasteiger partial charge on any atom is -0.387 e. The highest BCUT2D eigenvalue weighted by Gasteiger charge is 2.11. The number of benzene rings is 1. The quantitative estimate of drug-likeness (QED) is 0.924. The SMILES string of the molecule is CC(O)c1csc(N(C)Cc2ccccc2F)n1. The van der Waals surface area contributed by atoms with Crippen LogP contribution in [0.15, 0.2) is 29.6 Å². The molecule has 1 N–H and O–H groups in total. The number of anilines is 1. The first-order valence-corrected chi connectivity index (χ1v) is 6.54. The molecule has 0 spiro atoms. The van der Waals surface area contributed by atoms with Gasteiger partial charge in [-0.1, -0.05) is 18.2 Å². The lowest BCUT2D eigenvalue weighted by atomic mass is 10.2. The zero-order chi connectivity index (χ0) is 13.1. The van der Waals surface area contributed by atoms with E-state index in [1.54, 1.807) is 19.1 Å². The molecule has 5 heteroatoms. The van der Waals surface area contributed by atoms with Crippen molar-refractivity contribution in [3.8, 4) is 0 Å². The van der Waals surface area contributed by atoms with Crippen molar-refractivity contribution in [3.63, 3.8) is 0 Å². The summed E-state index contributed by atoms with van der Waals surface area (Å²) < 4.78 is 13.5. The zero-order valence-corrected chi connectivity index (χ0v) is 11.1. The van der Waals surface area contributed by atoms with Crippen molar-refractivity contribution >= 4 is 16.5 Å². The van der Waals surface area contributed by atoms with Crippen LogP contribution in [-0.4, -0.2) is 17.1 Å². The molecule has 0 aliphatic carbocycles. The van der Waals surface area contributed by atoms with Gasteiger partial charge in [-0.2, -0.15) is 0 Å². The second-order valence-electron chi connectivity index (χ2n) is 4.18. The molecule has 0 saturated heterocycles. The van der Waals surface area contributed by atoms with E-state index in [4.69, 9.17) is 0 Å². The van der Waals surface area contributed by atoms with Gasteiger partial charge in [0.15, 0.2) is 5.13 Å². The molecule has 3 nitrogen and oxygen atoms in total. The molecule has 0 aliphatic heterocycles. The van der Waals surface area contributed by atoms with E-state index >= 15 is 0 Å². The molecule has 0 amide bonds. The van der Waals surface area contributed by atoms with Crippen LogP contribution >= 0.6 is 11.3 Å². The van der Waals surface area contributed by atoms with Gasteiger partial charge in [-0.25, -0.2) is 9.37 Å². The molecule has 2 aromatic rings. The molecule has 0 fully saturated rings. The summed E-state index contributed by atoms with van der Waals surface area (Å²) in [5.74, 6) is -0.211. The number of nitrogens with zero attached hydrogens (tertiary/aromatic N) is 2. The first-order valence-electron chi connectivity index (χ1n) is 5.66. The molecule has 1 unspecified atom stereocenters. The first-order chi connectivity index (χ1) is 8.58. The maximum Gasteiger partial charge on any atom is 0.185 e. The van der Waals surface area contributed by atoms with E-state index in [0.29, 0.717) is 17.8 Å². The highest BCUT2D eigenvalue weighted by molar-refractivity contribution is 7.13. The number of hydrogen-bond donors (Lipinski definition) is 1. The molecule has 96 valence electrons. The molecule has 1 aromatic carbocycles. The standard InChI is InChI=1S/C13H15FN2OS/c1-9(17)12-8-18-13(15-12)16(2)7-10-5-3-4-6-11(10)14/h3-6,8-9,17H,7H2,1-2H3. The van der Waals surface area contributed by atoms with E-state index in [1.165, 1.54) is 17.4 Å². The Labute approximate surface area is 110 Å². The Morgan fingerprint density at radius 3 is 2.78 bits per heavy atom. The number of halogens is 1. The summed E-state index contributed by atoms with van der Waals surface area (Å²) in [6.07, 6.45) is -0.572. The average molecular weight is 266 g/mol. The van der Waals surface area contributed by atoms with Crippen LogP contribution < -0.4 is 4.90 Å². The third kappa shape index (κ3) is 2.86. The fraction of sp³-hybridized carbons (Fsp3) is 0.308. The Bertz CT molecular complexity index is 527. The Hall–Kier alpha value is -1.46. The van der Waals surface area contributed by atoms with Gasteiger partial charge in [0.1, 0.15) is 5.82 Å². The monoisotopic (exact) mass is 266 g/mol. The number of aliphatic hydroxyl groups is 1. The zero-order valence-electron chi connectivity index (χ0n) is 10.3. The summed E-state index contributed by atoms with van der Waals surface area (Å²) in [6.45, 7) is 2.13. The van der Waals surface area contributed by atoms with Crippen LogP contribution in [-0.2, 0) is 6.54 Å². The molecule has 18 heavy (non-hydrogen) atoms. The van der Waals surface area contributed by atoms with Gasteiger partial charge >= 0.3 is 0 Å². The van der Waals surface area contributed by atoms with Gasteiger partial charge in [0.05, 0.1) is 11.8 Å². The van der Waals surface area contributed by atoms with Crippen molar-refractivity contribution in [2.24, 2.45) is 0 Å². The third-order valence-corrected chi connectivity index (χ3v) is 3.60. The highest BCUT2D eigenvalue weighted by Crippen LogP contribution is 2.24. The van der Waals surface area contributed by atoms with Gasteiger partial charge in [0.2, 0.25) is 0 Å². The highest BCUT2D eigenvalue weighted by atomic mass is 32.1. The van der Waals surface area contributed by atoms with Gasteiger partial charge in [0.25, 0.3) is 0 Å². The topological polar surface area (TPSA) is 36.4 Å². The smallest absolute Gasteiger partial charge is 0.185 e. The Morgan fingerprint density at radius 2 is 2.17 bits per heavy atom. The summed E-state index contributed by atoms with van der Waals surface area (Å²) >= 11 is 1.44. The van der Waals surface area contributed by atoms with E-state index in [2.05, 4.69) is 4.98 Å². The first kappa shape index (κ1) is 13.0. The van der Waals surface area contributed by atoms with Gasteiger partial charge < -0.3 is 10.0 Å². The van der Waals surface area contributed by atoms with Crippen LogP contribution in [0.4, 0.5) is 9.52 Å². The van der Waals surface area contributed by atoms with E-state index < -0.39 is 6.10 Å². The summed E-state index contributed by atoms with van der Waals surface area (Å²) in [6, 6.07) is 6.70. The number of aliphatic hydroxyl groups excluding tert-OH is 1. The van der Waals surface area contributed by atoms with Crippen LogP contribution in [0.5, 0.6) is 0 Å². The lowest BCUT2D eigenvalue weighted by molar-refractivity contribution is 0.195. The Morgan fingerprint density at radius 1 is 1.44 bits per heavy atom. The molecule has 0 saturated carbocycles. The van der Waals surface area contributed by atoms with Crippen LogP contribution in [0.3, 0.4) is 0 Å². The third-order valence-electron chi connectivity index (χ3n) is 2.63. The van der Waals surface area contributed by atoms with Gasteiger partial charge in [0, 0.05) is 24.5 Å². The summed E-state index contributed by atoms with van der Waals surface area (Å²) in [5, 5.41) is 12.0. The molecular weight excluding hydrogens is 251 g/mol. The molecule has 0 radical (unpaired) electrons. The van der Waals surface area contributed by atoms with Crippen LogP contribution in [0.1, 0.15) is 24.3 Å². The van der Waals surface area contributed by atoms with Crippen molar-refractivity contribution in [1.29, 1.82) is 0 Å². The maximum atomic E-state index is 13.5. The summed E-state index contributed by atoms with van der Waals surface area (Å²) in [4.78, 5) is 6.18. The fourth-order valence-electron chi connectivity index (χ4n) is 1.59. The largest absolute Gasteiger partial charge is 0.387 e. The summed E-state index contributed by atoms with van der Waals surface area (Å²) in [5.41, 5.74) is 1.28. The lowest BCUT2D eigenvalue weighted by Gasteiger charge is -2.16. The maximum absolute atomic E-state index is 13.5. The van der Waals surface area contributed by atoms with Crippen LogP contribution in [0.25, 0.3) is 0 Å². The minimum absolute atomic E-state index is 0.211. The molecule has 1 heterocycles. The Balaban J connectivity index is 2.12. The Kier molecular flexibility index (Phi) is 3.93. The molecule has 2 rings (SSSR count). The molecular formula is C13H15FN2OS. The van der Waals surface area contributed by atoms with E-state index in [0.717, 1.165) is 5.13 Å². The molecule has 1 aromatic heterocycles. The van der Waals surface area contributed by atoms with Crippen molar-refractivity contribution in [2.75, 3.05) is 11.9 Å². The minimum atomic E-state index is -0.572.